The number of pyridine rings is 1. The Labute approximate surface area is 84.1 Å². The Bertz CT molecular complexity index is 258. The Hall–Kier alpha value is -0.600. The SMILES string of the molecule is CCC(C)[C@H](N)c1ccc(Cl)nc1. The van der Waals surface area contributed by atoms with Crippen LogP contribution in [0, 0.1) is 5.92 Å². The number of hydrogen-bond acceptors (Lipinski definition) is 2. The Morgan fingerprint density at radius 3 is 2.69 bits per heavy atom. The highest BCUT2D eigenvalue weighted by Crippen LogP contribution is 2.21. The largest absolute Gasteiger partial charge is 0.324 e. The normalized spacial score (nSPS) is 15.4. The first-order valence-corrected chi connectivity index (χ1v) is 4.90. The molecule has 72 valence electrons. The molecule has 0 fully saturated rings. The average molecular weight is 199 g/mol. The van der Waals surface area contributed by atoms with Gasteiger partial charge >= 0.3 is 0 Å². The first kappa shape index (κ1) is 10.5. The van der Waals surface area contributed by atoms with Crippen LogP contribution in [0.25, 0.3) is 0 Å². The van der Waals surface area contributed by atoms with Gasteiger partial charge in [-0.15, -0.1) is 0 Å². The van der Waals surface area contributed by atoms with Gasteiger partial charge in [-0.3, -0.25) is 0 Å². The van der Waals surface area contributed by atoms with Crippen molar-refractivity contribution in [2.24, 2.45) is 11.7 Å². The lowest BCUT2D eigenvalue weighted by atomic mass is 9.95. The summed E-state index contributed by atoms with van der Waals surface area (Å²) in [6.45, 7) is 4.27. The van der Waals surface area contributed by atoms with E-state index in [2.05, 4.69) is 18.8 Å². The van der Waals surface area contributed by atoms with Crippen LogP contribution in [0.3, 0.4) is 0 Å². The highest BCUT2D eigenvalue weighted by Gasteiger charge is 2.12. The number of halogens is 1. The molecule has 0 aromatic carbocycles. The van der Waals surface area contributed by atoms with Gasteiger partial charge < -0.3 is 5.73 Å². The predicted octanol–water partition coefficient (Wildman–Crippen LogP) is 2.78. The van der Waals surface area contributed by atoms with Crippen molar-refractivity contribution in [1.29, 1.82) is 0 Å². The minimum atomic E-state index is 0.0646. The van der Waals surface area contributed by atoms with E-state index in [4.69, 9.17) is 17.3 Å². The molecule has 1 heterocycles. The van der Waals surface area contributed by atoms with Gasteiger partial charge in [0.15, 0.2) is 0 Å². The van der Waals surface area contributed by atoms with Gasteiger partial charge in [0.2, 0.25) is 0 Å². The van der Waals surface area contributed by atoms with Gasteiger partial charge in [0, 0.05) is 12.2 Å². The zero-order valence-electron chi connectivity index (χ0n) is 8.00. The molecule has 0 saturated heterocycles. The fourth-order valence-electron chi connectivity index (χ4n) is 1.17. The van der Waals surface area contributed by atoms with Crippen LogP contribution in [0.5, 0.6) is 0 Å². The van der Waals surface area contributed by atoms with Crippen molar-refractivity contribution in [3.63, 3.8) is 0 Å². The summed E-state index contributed by atoms with van der Waals surface area (Å²) in [6, 6.07) is 3.78. The molecule has 2 atom stereocenters. The van der Waals surface area contributed by atoms with Crippen LogP contribution in [0.4, 0.5) is 0 Å². The van der Waals surface area contributed by atoms with Crippen molar-refractivity contribution in [3.8, 4) is 0 Å². The summed E-state index contributed by atoms with van der Waals surface area (Å²) >= 11 is 5.68. The maximum absolute atomic E-state index is 6.02. The van der Waals surface area contributed by atoms with Crippen molar-refractivity contribution in [1.82, 2.24) is 4.98 Å². The van der Waals surface area contributed by atoms with Gasteiger partial charge in [-0.1, -0.05) is 37.9 Å². The van der Waals surface area contributed by atoms with E-state index in [1.54, 1.807) is 12.3 Å². The Balaban J connectivity index is 2.77. The fraction of sp³-hybridized carbons (Fsp3) is 0.500. The number of nitrogens with two attached hydrogens (primary N) is 1. The van der Waals surface area contributed by atoms with E-state index >= 15 is 0 Å². The molecule has 0 saturated carbocycles. The van der Waals surface area contributed by atoms with Crippen molar-refractivity contribution in [2.45, 2.75) is 26.3 Å². The third-order valence-corrected chi connectivity index (χ3v) is 2.62. The Morgan fingerprint density at radius 2 is 2.23 bits per heavy atom. The smallest absolute Gasteiger partial charge is 0.129 e. The monoisotopic (exact) mass is 198 g/mol. The molecule has 3 heteroatoms. The number of rotatable bonds is 3. The summed E-state index contributed by atoms with van der Waals surface area (Å²) in [5.41, 5.74) is 7.07. The molecular formula is C10H15ClN2. The van der Waals surface area contributed by atoms with E-state index in [0.29, 0.717) is 11.1 Å². The molecular weight excluding hydrogens is 184 g/mol. The molecule has 0 aliphatic carbocycles. The van der Waals surface area contributed by atoms with Crippen molar-refractivity contribution in [2.75, 3.05) is 0 Å². The van der Waals surface area contributed by atoms with Gasteiger partial charge in [-0.05, 0) is 17.5 Å². The lowest BCUT2D eigenvalue weighted by Crippen LogP contribution is -2.18. The van der Waals surface area contributed by atoms with E-state index in [1.165, 1.54) is 0 Å². The van der Waals surface area contributed by atoms with Gasteiger partial charge in [-0.2, -0.15) is 0 Å². The minimum absolute atomic E-state index is 0.0646. The van der Waals surface area contributed by atoms with E-state index in [9.17, 15) is 0 Å². The molecule has 1 aromatic heterocycles. The van der Waals surface area contributed by atoms with E-state index in [1.807, 2.05) is 6.07 Å². The van der Waals surface area contributed by atoms with Crippen LogP contribution in [0.1, 0.15) is 31.9 Å². The zero-order chi connectivity index (χ0) is 9.84. The minimum Gasteiger partial charge on any atom is -0.324 e. The third kappa shape index (κ3) is 2.68. The Morgan fingerprint density at radius 1 is 1.54 bits per heavy atom. The van der Waals surface area contributed by atoms with Crippen LogP contribution in [0.2, 0.25) is 5.15 Å². The van der Waals surface area contributed by atoms with Crippen LogP contribution in [-0.2, 0) is 0 Å². The second-order valence-electron chi connectivity index (χ2n) is 3.33. The fourth-order valence-corrected chi connectivity index (χ4v) is 1.28. The zero-order valence-corrected chi connectivity index (χ0v) is 8.75. The van der Waals surface area contributed by atoms with Crippen LogP contribution < -0.4 is 5.73 Å². The van der Waals surface area contributed by atoms with Gasteiger partial charge in [0.1, 0.15) is 5.15 Å². The van der Waals surface area contributed by atoms with Gasteiger partial charge in [0.05, 0.1) is 0 Å². The quantitative estimate of drug-likeness (QED) is 0.759. The maximum atomic E-state index is 6.02. The standard InChI is InChI=1S/C10H15ClN2/c1-3-7(2)10(12)8-4-5-9(11)13-6-8/h4-7,10H,3,12H2,1-2H3/t7?,10-/m0/s1. The van der Waals surface area contributed by atoms with Gasteiger partial charge in [0.25, 0.3) is 0 Å². The number of aromatic nitrogens is 1. The lowest BCUT2D eigenvalue weighted by Gasteiger charge is -2.17. The molecule has 1 rings (SSSR count). The van der Waals surface area contributed by atoms with Crippen molar-refractivity contribution >= 4 is 11.6 Å². The molecule has 2 nitrogen and oxygen atoms in total. The molecule has 1 unspecified atom stereocenters. The third-order valence-electron chi connectivity index (χ3n) is 2.39. The second-order valence-corrected chi connectivity index (χ2v) is 3.71. The molecule has 0 amide bonds. The molecule has 2 N–H and O–H groups in total. The van der Waals surface area contributed by atoms with Crippen LogP contribution >= 0.6 is 11.6 Å². The average Bonchev–Trinajstić information content (AvgIpc) is 2.17. The first-order chi connectivity index (χ1) is 6.15. The molecule has 0 bridgehead atoms. The summed E-state index contributed by atoms with van der Waals surface area (Å²) in [5, 5.41) is 0.514. The summed E-state index contributed by atoms with van der Waals surface area (Å²) in [6.07, 6.45) is 2.82. The summed E-state index contributed by atoms with van der Waals surface area (Å²) in [7, 11) is 0. The molecule has 0 radical (unpaired) electrons. The van der Waals surface area contributed by atoms with Crippen molar-refractivity contribution in [3.05, 3.63) is 29.0 Å². The van der Waals surface area contributed by atoms with Crippen LogP contribution in [0.15, 0.2) is 18.3 Å². The lowest BCUT2D eigenvalue weighted by molar-refractivity contribution is 0.456. The summed E-state index contributed by atoms with van der Waals surface area (Å²) in [4.78, 5) is 4.00. The molecule has 0 aliphatic rings. The highest BCUT2D eigenvalue weighted by molar-refractivity contribution is 6.29. The highest BCUT2D eigenvalue weighted by atomic mass is 35.5. The molecule has 13 heavy (non-hydrogen) atoms. The van der Waals surface area contributed by atoms with Gasteiger partial charge in [-0.25, -0.2) is 4.98 Å². The van der Waals surface area contributed by atoms with E-state index < -0.39 is 0 Å². The number of hydrogen-bond donors (Lipinski definition) is 1. The van der Waals surface area contributed by atoms with E-state index in [-0.39, 0.29) is 6.04 Å². The molecule has 0 aliphatic heterocycles. The molecule has 1 aromatic rings. The summed E-state index contributed by atoms with van der Waals surface area (Å²) in [5.74, 6) is 0.475. The maximum Gasteiger partial charge on any atom is 0.129 e. The molecule has 0 spiro atoms. The van der Waals surface area contributed by atoms with E-state index in [0.717, 1.165) is 12.0 Å². The predicted molar refractivity (Wildman–Crippen MR) is 55.6 cm³/mol. The van der Waals surface area contributed by atoms with Crippen molar-refractivity contribution < 1.29 is 0 Å². The second kappa shape index (κ2) is 4.58. The first-order valence-electron chi connectivity index (χ1n) is 4.52. The van der Waals surface area contributed by atoms with Crippen LogP contribution in [-0.4, -0.2) is 4.98 Å². The summed E-state index contributed by atoms with van der Waals surface area (Å²) < 4.78 is 0. The number of nitrogens with zero attached hydrogens (tertiary/aromatic N) is 1. The Kier molecular flexibility index (Phi) is 3.70. The topological polar surface area (TPSA) is 38.9 Å².